The van der Waals surface area contributed by atoms with Gasteiger partial charge in [-0.3, -0.25) is 4.79 Å². The van der Waals surface area contributed by atoms with Gasteiger partial charge in [0.2, 0.25) is 5.91 Å². The van der Waals surface area contributed by atoms with Gasteiger partial charge in [-0.2, -0.15) is 0 Å². The maximum atomic E-state index is 11.7. The molecule has 2 fully saturated rings. The number of carbonyl (C=O) groups is 1. The minimum absolute atomic E-state index is 0.0888. The Morgan fingerprint density at radius 2 is 2.08 bits per heavy atom. The van der Waals surface area contributed by atoms with Crippen molar-refractivity contribution in [3.63, 3.8) is 0 Å². The van der Waals surface area contributed by atoms with E-state index in [1.54, 1.807) is 0 Å². The van der Waals surface area contributed by atoms with Crippen LogP contribution < -0.4 is 5.32 Å². The first-order valence-corrected chi connectivity index (χ1v) is 5.22. The number of hydrogen-bond acceptors (Lipinski definition) is 2. The van der Waals surface area contributed by atoms with Gasteiger partial charge in [0.15, 0.2) is 0 Å². The van der Waals surface area contributed by atoms with Crippen molar-refractivity contribution < 1.29 is 9.90 Å². The van der Waals surface area contributed by atoms with E-state index in [2.05, 4.69) is 5.32 Å². The summed E-state index contributed by atoms with van der Waals surface area (Å²) in [4.78, 5) is 11.7. The standard InChI is InChI=1S/C10H17NO2/c12-8-4-1-2-5-10(8)6-3-7-11-9(10)13/h8,12H,1-7H2,(H,11,13)/t8-,10-/m1/s1. The van der Waals surface area contributed by atoms with Gasteiger partial charge in [-0.1, -0.05) is 12.8 Å². The molecule has 74 valence electrons. The van der Waals surface area contributed by atoms with E-state index in [-0.39, 0.29) is 5.91 Å². The summed E-state index contributed by atoms with van der Waals surface area (Å²) in [5.74, 6) is 0.0888. The van der Waals surface area contributed by atoms with Crippen LogP contribution in [-0.2, 0) is 4.79 Å². The average molecular weight is 183 g/mol. The smallest absolute Gasteiger partial charge is 0.228 e. The molecule has 1 saturated heterocycles. The number of nitrogens with one attached hydrogen (secondary N) is 1. The van der Waals surface area contributed by atoms with Crippen molar-refractivity contribution in [2.24, 2.45) is 5.41 Å². The van der Waals surface area contributed by atoms with E-state index in [1.807, 2.05) is 0 Å². The molecular formula is C10H17NO2. The number of aliphatic hydroxyl groups excluding tert-OH is 1. The second-order valence-corrected chi connectivity index (χ2v) is 4.28. The van der Waals surface area contributed by atoms with Crippen molar-refractivity contribution in [1.82, 2.24) is 5.32 Å². The minimum atomic E-state index is -0.420. The molecular weight excluding hydrogens is 166 g/mol. The second-order valence-electron chi connectivity index (χ2n) is 4.28. The predicted molar refractivity (Wildman–Crippen MR) is 49.2 cm³/mol. The molecule has 1 amide bonds. The molecule has 2 aliphatic rings. The summed E-state index contributed by atoms with van der Waals surface area (Å²) < 4.78 is 0. The Balaban J connectivity index is 2.18. The van der Waals surface area contributed by atoms with E-state index in [1.165, 1.54) is 0 Å². The van der Waals surface area contributed by atoms with Crippen LogP contribution in [0.3, 0.4) is 0 Å². The van der Waals surface area contributed by atoms with Gasteiger partial charge in [-0.05, 0) is 25.7 Å². The fraction of sp³-hybridized carbons (Fsp3) is 0.900. The highest BCUT2D eigenvalue weighted by atomic mass is 16.3. The molecule has 0 aromatic carbocycles. The van der Waals surface area contributed by atoms with Crippen LogP contribution in [0.25, 0.3) is 0 Å². The van der Waals surface area contributed by atoms with Gasteiger partial charge < -0.3 is 10.4 Å². The molecule has 2 rings (SSSR count). The monoisotopic (exact) mass is 183 g/mol. The van der Waals surface area contributed by atoms with Gasteiger partial charge >= 0.3 is 0 Å². The number of aliphatic hydroxyl groups is 1. The lowest BCUT2D eigenvalue weighted by molar-refractivity contribution is -0.145. The second kappa shape index (κ2) is 3.29. The topological polar surface area (TPSA) is 49.3 Å². The first-order valence-electron chi connectivity index (χ1n) is 5.22. The van der Waals surface area contributed by atoms with Gasteiger partial charge in [0, 0.05) is 6.54 Å². The van der Waals surface area contributed by atoms with Crippen molar-refractivity contribution >= 4 is 5.91 Å². The van der Waals surface area contributed by atoms with Crippen molar-refractivity contribution in [3.8, 4) is 0 Å². The lowest BCUT2D eigenvalue weighted by Gasteiger charge is -2.42. The number of amides is 1. The Morgan fingerprint density at radius 3 is 2.77 bits per heavy atom. The molecule has 1 heterocycles. The van der Waals surface area contributed by atoms with Gasteiger partial charge in [0.1, 0.15) is 0 Å². The zero-order valence-corrected chi connectivity index (χ0v) is 7.88. The summed E-state index contributed by atoms with van der Waals surface area (Å²) in [6, 6.07) is 0. The van der Waals surface area contributed by atoms with Crippen LogP contribution >= 0.6 is 0 Å². The third kappa shape index (κ3) is 1.35. The molecule has 2 N–H and O–H groups in total. The molecule has 3 nitrogen and oxygen atoms in total. The summed E-state index contributed by atoms with van der Waals surface area (Å²) in [6.07, 6.45) is 5.32. The van der Waals surface area contributed by atoms with Crippen LogP contribution in [0, 0.1) is 5.41 Å². The van der Waals surface area contributed by atoms with Crippen LogP contribution in [-0.4, -0.2) is 23.7 Å². The molecule has 13 heavy (non-hydrogen) atoms. The summed E-state index contributed by atoms with van der Waals surface area (Å²) in [7, 11) is 0. The zero-order valence-electron chi connectivity index (χ0n) is 7.88. The maximum absolute atomic E-state index is 11.7. The van der Waals surface area contributed by atoms with Crippen molar-refractivity contribution in [2.45, 2.75) is 44.6 Å². The molecule has 0 aromatic heterocycles. The summed E-state index contributed by atoms with van der Waals surface area (Å²) in [6.45, 7) is 0.785. The zero-order chi connectivity index (χ0) is 9.31. The Hall–Kier alpha value is -0.570. The van der Waals surface area contributed by atoms with Crippen LogP contribution in [0.5, 0.6) is 0 Å². The molecule has 0 radical (unpaired) electrons. The lowest BCUT2D eigenvalue weighted by Crippen LogP contribution is -2.53. The third-order valence-electron chi connectivity index (χ3n) is 3.53. The molecule has 0 unspecified atom stereocenters. The van der Waals surface area contributed by atoms with Crippen LogP contribution in [0.2, 0.25) is 0 Å². The highest BCUT2D eigenvalue weighted by Crippen LogP contribution is 2.42. The van der Waals surface area contributed by atoms with Crippen LogP contribution in [0.1, 0.15) is 38.5 Å². The van der Waals surface area contributed by atoms with E-state index < -0.39 is 11.5 Å². The van der Waals surface area contributed by atoms with Gasteiger partial charge in [-0.15, -0.1) is 0 Å². The number of hydrogen-bond donors (Lipinski definition) is 2. The minimum Gasteiger partial charge on any atom is -0.392 e. The first kappa shape index (κ1) is 9.00. The molecule has 2 atom stereocenters. The third-order valence-corrected chi connectivity index (χ3v) is 3.53. The van der Waals surface area contributed by atoms with E-state index in [4.69, 9.17) is 0 Å². The Bertz CT molecular complexity index is 211. The quantitative estimate of drug-likeness (QED) is 0.584. The summed E-state index contributed by atoms with van der Waals surface area (Å²) in [5, 5.41) is 12.8. The Kier molecular flexibility index (Phi) is 2.28. The number of carbonyl (C=O) groups excluding carboxylic acids is 1. The highest BCUT2D eigenvalue weighted by molar-refractivity contribution is 5.84. The Labute approximate surface area is 78.5 Å². The SMILES string of the molecule is O=C1NCCC[C@@]12CCCC[C@H]2O. The van der Waals surface area contributed by atoms with Crippen molar-refractivity contribution in [1.29, 1.82) is 0 Å². The first-order chi connectivity index (χ1) is 6.26. The van der Waals surface area contributed by atoms with E-state index in [9.17, 15) is 9.90 Å². The summed E-state index contributed by atoms with van der Waals surface area (Å²) in [5.41, 5.74) is -0.420. The maximum Gasteiger partial charge on any atom is 0.228 e. The van der Waals surface area contributed by atoms with E-state index in [0.29, 0.717) is 0 Å². The van der Waals surface area contributed by atoms with E-state index in [0.717, 1.165) is 45.1 Å². The van der Waals surface area contributed by atoms with Gasteiger partial charge in [0.05, 0.1) is 11.5 Å². The predicted octanol–water partition coefficient (Wildman–Crippen LogP) is 0.818. The molecule has 1 aliphatic carbocycles. The van der Waals surface area contributed by atoms with Crippen LogP contribution in [0.15, 0.2) is 0 Å². The van der Waals surface area contributed by atoms with Gasteiger partial charge in [-0.25, -0.2) is 0 Å². The largest absolute Gasteiger partial charge is 0.392 e. The lowest BCUT2D eigenvalue weighted by atomic mass is 9.67. The highest BCUT2D eigenvalue weighted by Gasteiger charge is 2.47. The average Bonchev–Trinajstić information content (AvgIpc) is 2.15. The number of piperidine rings is 1. The van der Waals surface area contributed by atoms with E-state index >= 15 is 0 Å². The normalized spacial score (nSPS) is 40.4. The number of rotatable bonds is 0. The van der Waals surface area contributed by atoms with Crippen LogP contribution in [0.4, 0.5) is 0 Å². The molecule has 1 spiro atoms. The fourth-order valence-electron chi connectivity index (χ4n) is 2.67. The molecule has 0 aromatic rings. The van der Waals surface area contributed by atoms with Crippen molar-refractivity contribution in [2.75, 3.05) is 6.54 Å². The molecule has 0 bridgehead atoms. The Morgan fingerprint density at radius 1 is 1.31 bits per heavy atom. The van der Waals surface area contributed by atoms with Gasteiger partial charge in [0.25, 0.3) is 0 Å². The molecule has 1 saturated carbocycles. The fourth-order valence-corrected chi connectivity index (χ4v) is 2.67. The summed E-state index contributed by atoms with van der Waals surface area (Å²) >= 11 is 0. The molecule has 1 aliphatic heterocycles. The van der Waals surface area contributed by atoms with Crippen molar-refractivity contribution in [3.05, 3.63) is 0 Å². The molecule has 3 heteroatoms.